The van der Waals surface area contributed by atoms with Crippen LogP contribution in [0.15, 0.2) is 18.2 Å². The van der Waals surface area contributed by atoms with E-state index in [2.05, 4.69) is 10.4 Å². The van der Waals surface area contributed by atoms with Crippen LogP contribution in [0.5, 0.6) is 0 Å². The van der Waals surface area contributed by atoms with E-state index in [1.807, 2.05) is 38.6 Å². The number of hydrogen-bond acceptors (Lipinski definition) is 5. The summed E-state index contributed by atoms with van der Waals surface area (Å²) in [6.07, 6.45) is 0.782. The molecule has 0 aliphatic carbocycles. The number of aryl methyl sites for hydroxylation is 2. The molecule has 2 aromatic rings. The molecule has 0 saturated carbocycles. The molecule has 0 amide bonds. The molecule has 23 heavy (non-hydrogen) atoms. The van der Waals surface area contributed by atoms with Crippen LogP contribution in [0, 0.1) is 35.3 Å². The molecule has 7 heteroatoms. The van der Waals surface area contributed by atoms with Crippen LogP contribution in [0.4, 0.5) is 11.4 Å². The molecule has 0 aliphatic rings. The van der Waals surface area contributed by atoms with Crippen molar-refractivity contribution >= 4 is 11.4 Å². The lowest BCUT2D eigenvalue weighted by Gasteiger charge is -2.16. The maximum atomic E-state index is 10.9. The molecule has 0 aliphatic heterocycles. The van der Waals surface area contributed by atoms with Crippen LogP contribution in [0.2, 0.25) is 0 Å². The Labute approximate surface area is 134 Å². The summed E-state index contributed by atoms with van der Waals surface area (Å²) in [5.74, 6) is 0. The van der Waals surface area contributed by atoms with Crippen LogP contribution in [-0.2, 0) is 13.5 Å². The molecule has 7 nitrogen and oxygen atoms in total. The summed E-state index contributed by atoms with van der Waals surface area (Å²) in [6.45, 7) is 6.04. The van der Waals surface area contributed by atoms with E-state index < -0.39 is 4.92 Å². The Bertz CT molecular complexity index is 788. The zero-order valence-corrected chi connectivity index (χ0v) is 13.6. The van der Waals surface area contributed by atoms with Crippen LogP contribution < -0.4 is 5.32 Å². The van der Waals surface area contributed by atoms with Gasteiger partial charge in [0.05, 0.1) is 10.6 Å². The number of nitrogens with zero attached hydrogens (tertiary/aromatic N) is 4. The fraction of sp³-hybridized carbons (Fsp3) is 0.375. The molecule has 0 radical (unpaired) electrons. The number of benzene rings is 1. The first kappa shape index (κ1) is 16.5. The zero-order chi connectivity index (χ0) is 17.1. The number of nitro groups is 1. The third-order valence-corrected chi connectivity index (χ3v) is 3.90. The standard InChI is InChI=1S/C16H19N5O2/c1-10(7-15-11(2)19-20(4)12(15)3)18-14-5-6-16(21(22)23)13(8-14)9-17/h5-6,8,10,18H,7H2,1-4H3. The number of aromatic nitrogens is 2. The highest BCUT2D eigenvalue weighted by molar-refractivity contribution is 5.59. The van der Waals surface area contributed by atoms with E-state index in [1.54, 1.807) is 6.07 Å². The van der Waals surface area contributed by atoms with Gasteiger partial charge in [-0.3, -0.25) is 14.8 Å². The summed E-state index contributed by atoms with van der Waals surface area (Å²) in [5.41, 5.74) is 3.89. The lowest BCUT2D eigenvalue weighted by molar-refractivity contribution is -0.385. The van der Waals surface area contributed by atoms with Gasteiger partial charge in [-0.25, -0.2) is 0 Å². The monoisotopic (exact) mass is 313 g/mol. The van der Waals surface area contributed by atoms with Crippen molar-refractivity contribution in [1.82, 2.24) is 9.78 Å². The Morgan fingerprint density at radius 2 is 2.17 bits per heavy atom. The molecule has 120 valence electrons. The quantitative estimate of drug-likeness (QED) is 0.676. The van der Waals surface area contributed by atoms with E-state index in [0.717, 1.165) is 17.8 Å². The largest absolute Gasteiger partial charge is 0.382 e. The number of nitrogens with one attached hydrogen (secondary N) is 1. The van der Waals surface area contributed by atoms with Gasteiger partial charge >= 0.3 is 0 Å². The minimum Gasteiger partial charge on any atom is -0.382 e. The Hall–Kier alpha value is -2.88. The van der Waals surface area contributed by atoms with Gasteiger partial charge in [-0.15, -0.1) is 0 Å². The molecular formula is C16H19N5O2. The first-order valence-corrected chi connectivity index (χ1v) is 7.27. The second kappa shape index (κ2) is 6.48. The summed E-state index contributed by atoms with van der Waals surface area (Å²) >= 11 is 0. The lowest BCUT2D eigenvalue weighted by Crippen LogP contribution is -2.19. The fourth-order valence-electron chi connectivity index (χ4n) is 2.63. The van der Waals surface area contributed by atoms with Crippen molar-refractivity contribution in [3.05, 3.63) is 50.8 Å². The van der Waals surface area contributed by atoms with Crippen molar-refractivity contribution in [2.24, 2.45) is 7.05 Å². The van der Waals surface area contributed by atoms with Gasteiger partial charge in [0.25, 0.3) is 5.69 Å². The van der Waals surface area contributed by atoms with Crippen LogP contribution >= 0.6 is 0 Å². The Balaban J connectivity index is 2.16. The van der Waals surface area contributed by atoms with Gasteiger partial charge in [-0.1, -0.05) is 0 Å². The van der Waals surface area contributed by atoms with E-state index in [0.29, 0.717) is 5.69 Å². The Kier molecular flexibility index (Phi) is 4.65. The highest BCUT2D eigenvalue weighted by atomic mass is 16.6. The van der Waals surface area contributed by atoms with Crippen molar-refractivity contribution in [2.75, 3.05) is 5.32 Å². The average Bonchev–Trinajstić information content (AvgIpc) is 2.73. The van der Waals surface area contributed by atoms with E-state index in [4.69, 9.17) is 5.26 Å². The van der Waals surface area contributed by atoms with Gasteiger partial charge < -0.3 is 5.32 Å². The third kappa shape index (κ3) is 3.48. The van der Waals surface area contributed by atoms with Crippen molar-refractivity contribution < 1.29 is 4.92 Å². The second-order valence-corrected chi connectivity index (χ2v) is 5.62. The summed E-state index contributed by atoms with van der Waals surface area (Å²) in [4.78, 5) is 10.3. The molecule has 1 atom stereocenters. The highest BCUT2D eigenvalue weighted by Crippen LogP contribution is 2.23. The minimum absolute atomic E-state index is 0.0564. The van der Waals surface area contributed by atoms with E-state index >= 15 is 0 Å². The maximum Gasteiger partial charge on any atom is 0.287 e. The number of hydrogen-bond donors (Lipinski definition) is 1. The number of rotatable bonds is 5. The predicted octanol–water partition coefficient (Wildman–Crippen LogP) is 2.86. The molecule has 1 unspecified atom stereocenters. The van der Waals surface area contributed by atoms with Gasteiger partial charge in [0.2, 0.25) is 0 Å². The molecule has 1 aromatic heterocycles. The predicted molar refractivity (Wildman–Crippen MR) is 87.3 cm³/mol. The molecule has 1 heterocycles. The highest BCUT2D eigenvalue weighted by Gasteiger charge is 2.16. The summed E-state index contributed by atoms with van der Waals surface area (Å²) in [5, 5.41) is 27.6. The maximum absolute atomic E-state index is 10.9. The molecular weight excluding hydrogens is 294 g/mol. The summed E-state index contributed by atoms with van der Waals surface area (Å²) < 4.78 is 1.86. The molecule has 1 N–H and O–H groups in total. The van der Waals surface area contributed by atoms with Gasteiger partial charge in [0.1, 0.15) is 11.6 Å². The summed E-state index contributed by atoms with van der Waals surface area (Å²) in [6, 6.07) is 6.46. The van der Waals surface area contributed by atoms with Crippen LogP contribution in [0.25, 0.3) is 0 Å². The van der Waals surface area contributed by atoms with Crippen LogP contribution in [0.3, 0.4) is 0 Å². The van der Waals surface area contributed by atoms with Crippen LogP contribution in [-0.4, -0.2) is 20.7 Å². The first-order valence-electron chi connectivity index (χ1n) is 7.27. The van der Waals surface area contributed by atoms with Gasteiger partial charge in [-0.2, -0.15) is 10.4 Å². The molecule has 0 bridgehead atoms. The van der Waals surface area contributed by atoms with Crippen LogP contribution in [0.1, 0.15) is 29.4 Å². The molecule has 0 spiro atoms. The number of anilines is 1. The van der Waals surface area contributed by atoms with Gasteiger partial charge in [-0.05, 0) is 44.9 Å². The molecule has 0 saturated heterocycles. The number of nitro benzene ring substituents is 1. The molecule has 1 aromatic carbocycles. The Morgan fingerprint density at radius 1 is 1.48 bits per heavy atom. The van der Waals surface area contributed by atoms with Crippen molar-refractivity contribution in [3.63, 3.8) is 0 Å². The lowest BCUT2D eigenvalue weighted by atomic mass is 10.0. The smallest absolute Gasteiger partial charge is 0.287 e. The second-order valence-electron chi connectivity index (χ2n) is 5.62. The van der Waals surface area contributed by atoms with Crippen molar-refractivity contribution in [3.8, 4) is 6.07 Å². The Morgan fingerprint density at radius 3 is 2.70 bits per heavy atom. The van der Waals surface area contributed by atoms with Gasteiger partial charge in [0, 0.05) is 30.5 Å². The van der Waals surface area contributed by atoms with E-state index in [1.165, 1.54) is 17.7 Å². The zero-order valence-electron chi connectivity index (χ0n) is 13.6. The average molecular weight is 313 g/mol. The topological polar surface area (TPSA) is 96.8 Å². The normalized spacial score (nSPS) is 11.8. The minimum atomic E-state index is -0.547. The summed E-state index contributed by atoms with van der Waals surface area (Å²) in [7, 11) is 1.92. The van der Waals surface area contributed by atoms with Gasteiger partial charge in [0.15, 0.2) is 0 Å². The fourth-order valence-corrected chi connectivity index (χ4v) is 2.63. The SMILES string of the molecule is Cc1nn(C)c(C)c1CC(C)Nc1ccc([N+](=O)[O-])c(C#N)c1. The van der Waals surface area contributed by atoms with Crippen molar-refractivity contribution in [2.45, 2.75) is 33.2 Å². The first-order chi connectivity index (χ1) is 10.8. The molecule has 0 fully saturated rings. The molecule has 2 rings (SSSR count). The number of nitriles is 1. The van der Waals surface area contributed by atoms with Crippen molar-refractivity contribution in [1.29, 1.82) is 5.26 Å². The third-order valence-electron chi connectivity index (χ3n) is 3.90. The van der Waals surface area contributed by atoms with E-state index in [9.17, 15) is 10.1 Å². The van der Waals surface area contributed by atoms with E-state index in [-0.39, 0.29) is 17.3 Å².